The van der Waals surface area contributed by atoms with Crippen LogP contribution in [0.5, 0.6) is 5.75 Å². The molecule has 3 aromatic rings. The lowest BCUT2D eigenvalue weighted by molar-refractivity contribution is 0.152. The van der Waals surface area contributed by atoms with Gasteiger partial charge in [-0.2, -0.15) is 5.10 Å². The molecule has 3 rings (SSSR count). The van der Waals surface area contributed by atoms with Gasteiger partial charge in [-0.1, -0.05) is 29.8 Å². The van der Waals surface area contributed by atoms with E-state index >= 15 is 0 Å². The average Bonchev–Trinajstić information content (AvgIpc) is 3.02. The van der Waals surface area contributed by atoms with Crippen LogP contribution in [0.2, 0.25) is 5.02 Å². The Kier molecular flexibility index (Phi) is 6.55. The third kappa shape index (κ3) is 4.84. The van der Waals surface area contributed by atoms with E-state index in [2.05, 4.69) is 15.1 Å². The van der Waals surface area contributed by atoms with Gasteiger partial charge in [0.2, 0.25) is 0 Å². The zero-order chi connectivity index (χ0) is 19.9. The van der Waals surface area contributed by atoms with Gasteiger partial charge in [0.1, 0.15) is 12.4 Å². The summed E-state index contributed by atoms with van der Waals surface area (Å²) in [6.45, 7) is 5.19. The van der Waals surface area contributed by atoms with Crippen LogP contribution in [0.3, 0.4) is 0 Å². The fraction of sp³-hybridized carbons (Fsp3) is 0.238. The number of carbonyl (C=O) groups is 1. The van der Waals surface area contributed by atoms with E-state index in [4.69, 9.17) is 21.1 Å². The van der Waals surface area contributed by atoms with Crippen molar-refractivity contribution in [3.05, 3.63) is 64.8 Å². The van der Waals surface area contributed by atoms with E-state index in [-0.39, 0.29) is 0 Å². The molecule has 0 bridgehead atoms. The van der Waals surface area contributed by atoms with Crippen molar-refractivity contribution in [2.45, 2.75) is 20.4 Å². The van der Waals surface area contributed by atoms with Gasteiger partial charge in [-0.3, -0.25) is 0 Å². The van der Waals surface area contributed by atoms with Crippen molar-refractivity contribution in [1.82, 2.24) is 9.99 Å². The molecule has 1 N–H and O–H groups in total. The Morgan fingerprint density at radius 1 is 1.29 bits per heavy atom. The predicted octanol–water partition coefficient (Wildman–Crippen LogP) is 4.76. The Bertz CT molecular complexity index is 998. The number of hydrogen-bond donors (Lipinski definition) is 1. The number of benzene rings is 2. The summed E-state index contributed by atoms with van der Waals surface area (Å²) in [6, 6.07) is 13.6. The van der Waals surface area contributed by atoms with E-state index in [1.54, 1.807) is 13.1 Å². The molecular formula is C21H22ClN3O3. The zero-order valence-corrected chi connectivity index (χ0v) is 16.6. The number of carbonyl (C=O) groups excluding carboxylic acids is 1. The molecule has 1 aromatic heterocycles. The lowest BCUT2D eigenvalue weighted by Crippen LogP contribution is -2.18. The number of fused-ring (bicyclic) bond motifs is 1. The number of aromatic nitrogens is 1. The van der Waals surface area contributed by atoms with E-state index in [1.807, 2.05) is 55.6 Å². The summed E-state index contributed by atoms with van der Waals surface area (Å²) >= 11 is 5.99. The number of nitrogens with one attached hydrogen (secondary N) is 1. The van der Waals surface area contributed by atoms with Gasteiger partial charge in [-0.25, -0.2) is 10.2 Å². The number of aryl methyl sites for hydroxylation is 1. The van der Waals surface area contributed by atoms with Crippen LogP contribution in [0.15, 0.2) is 53.8 Å². The van der Waals surface area contributed by atoms with Crippen molar-refractivity contribution in [1.29, 1.82) is 0 Å². The quantitative estimate of drug-likeness (QED) is 0.460. The highest BCUT2D eigenvalue weighted by atomic mass is 35.5. The summed E-state index contributed by atoms with van der Waals surface area (Å²) in [5.74, 6) is 0.821. The molecule has 0 saturated heterocycles. The van der Waals surface area contributed by atoms with Gasteiger partial charge >= 0.3 is 6.09 Å². The Labute approximate surface area is 168 Å². The van der Waals surface area contributed by atoms with Crippen molar-refractivity contribution in [3.63, 3.8) is 0 Å². The van der Waals surface area contributed by atoms with Crippen LogP contribution in [0.4, 0.5) is 4.79 Å². The van der Waals surface area contributed by atoms with E-state index in [9.17, 15) is 4.79 Å². The number of hydrogen-bond acceptors (Lipinski definition) is 4. The van der Waals surface area contributed by atoms with Gasteiger partial charge in [0.05, 0.1) is 19.4 Å². The molecular weight excluding hydrogens is 378 g/mol. The number of nitrogens with zero attached hydrogens (tertiary/aromatic N) is 2. The summed E-state index contributed by atoms with van der Waals surface area (Å²) in [6.07, 6.45) is 3.02. The molecule has 0 fully saturated rings. The van der Waals surface area contributed by atoms with Crippen molar-refractivity contribution < 1.29 is 14.3 Å². The van der Waals surface area contributed by atoms with E-state index in [0.717, 1.165) is 27.8 Å². The minimum atomic E-state index is -0.575. The van der Waals surface area contributed by atoms with Crippen LogP contribution in [0.1, 0.15) is 18.1 Å². The molecule has 6 nitrogen and oxygen atoms in total. The molecule has 0 aliphatic carbocycles. The van der Waals surface area contributed by atoms with Gasteiger partial charge < -0.3 is 14.0 Å². The first-order valence-electron chi connectivity index (χ1n) is 9.01. The van der Waals surface area contributed by atoms with Crippen LogP contribution >= 0.6 is 11.6 Å². The second kappa shape index (κ2) is 9.28. The highest BCUT2D eigenvalue weighted by molar-refractivity contribution is 6.30. The normalized spacial score (nSPS) is 11.1. The lowest BCUT2D eigenvalue weighted by atomic mass is 10.2. The number of rotatable bonds is 7. The van der Waals surface area contributed by atoms with Crippen LogP contribution in [0, 0.1) is 6.92 Å². The lowest BCUT2D eigenvalue weighted by Gasteiger charge is -2.10. The summed E-state index contributed by atoms with van der Waals surface area (Å²) in [7, 11) is 0. The molecule has 146 valence electrons. The Hall–Kier alpha value is -2.99. The topological polar surface area (TPSA) is 64.8 Å². The van der Waals surface area contributed by atoms with Crippen molar-refractivity contribution in [3.8, 4) is 5.75 Å². The molecule has 0 aliphatic rings. The average molecular weight is 400 g/mol. The highest BCUT2D eigenvalue weighted by Gasteiger charge is 2.08. The van der Waals surface area contributed by atoms with Crippen LogP contribution in [0.25, 0.3) is 10.9 Å². The van der Waals surface area contributed by atoms with Crippen molar-refractivity contribution in [2.75, 3.05) is 13.2 Å². The molecule has 2 aromatic carbocycles. The Morgan fingerprint density at radius 2 is 2.11 bits per heavy atom. The summed E-state index contributed by atoms with van der Waals surface area (Å²) in [5, 5.41) is 5.70. The van der Waals surface area contributed by atoms with E-state index in [0.29, 0.717) is 24.8 Å². The predicted molar refractivity (Wildman–Crippen MR) is 111 cm³/mol. The molecule has 0 atom stereocenters. The first kappa shape index (κ1) is 19.8. The fourth-order valence-corrected chi connectivity index (χ4v) is 3.14. The molecule has 0 saturated carbocycles. The summed E-state index contributed by atoms with van der Waals surface area (Å²) in [5.41, 5.74) is 5.31. The monoisotopic (exact) mass is 399 g/mol. The molecule has 28 heavy (non-hydrogen) atoms. The first-order chi connectivity index (χ1) is 13.6. The number of hydrazone groups is 1. The van der Waals surface area contributed by atoms with Crippen molar-refractivity contribution in [2.24, 2.45) is 5.10 Å². The first-order valence-corrected chi connectivity index (χ1v) is 9.39. The summed E-state index contributed by atoms with van der Waals surface area (Å²) < 4.78 is 12.8. The standard InChI is InChI=1S/C21H22ClN3O3/c1-3-27-21(26)24-23-13-16-14-25(19-7-5-4-6-18(16)19)10-11-28-20-9-8-17(22)12-15(20)2/h4-9,12-14H,3,10-11H2,1-2H3,(H,24,26)/b23-13-. The molecule has 1 heterocycles. The number of para-hydroxylation sites is 1. The minimum Gasteiger partial charge on any atom is -0.491 e. The molecule has 0 spiro atoms. The zero-order valence-electron chi connectivity index (χ0n) is 15.8. The van der Waals surface area contributed by atoms with Gasteiger partial charge in [-0.05, 0) is 43.7 Å². The Morgan fingerprint density at radius 3 is 2.89 bits per heavy atom. The molecule has 1 amide bonds. The third-order valence-electron chi connectivity index (χ3n) is 4.18. The largest absolute Gasteiger partial charge is 0.491 e. The van der Waals surface area contributed by atoms with Gasteiger partial charge in [0.25, 0.3) is 0 Å². The van der Waals surface area contributed by atoms with Crippen LogP contribution in [-0.4, -0.2) is 30.1 Å². The minimum absolute atomic E-state index is 0.299. The maximum atomic E-state index is 11.3. The second-order valence-electron chi connectivity index (χ2n) is 6.14. The molecule has 7 heteroatoms. The SMILES string of the molecule is CCOC(=O)N/N=C\c1cn(CCOc2ccc(Cl)cc2C)c2ccccc12. The van der Waals surface area contributed by atoms with Gasteiger partial charge in [0, 0.05) is 27.7 Å². The second-order valence-corrected chi connectivity index (χ2v) is 6.58. The van der Waals surface area contributed by atoms with Crippen LogP contribution in [-0.2, 0) is 11.3 Å². The number of halogens is 1. The van der Waals surface area contributed by atoms with Crippen LogP contribution < -0.4 is 10.2 Å². The van der Waals surface area contributed by atoms with Crippen molar-refractivity contribution >= 4 is 34.8 Å². The maximum absolute atomic E-state index is 11.3. The van der Waals surface area contributed by atoms with E-state index < -0.39 is 6.09 Å². The fourth-order valence-electron chi connectivity index (χ4n) is 2.91. The molecule has 0 radical (unpaired) electrons. The third-order valence-corrected chi connectivity index (χ3v) is 4.42. The highest BCUT2D eigenvalue weighted by Crippen LogP contribution is 2.23. The number of ether oxygens (including phenoxy) is 2. The maximum Gasteiger partial charge on any atom is 0.427 e. The smallest absolute Gasteiger partial charge is 0.427 e. The summed E-state index contributed by atoms with van der Waals surface area (Å²) in [4.78, 5) is 11.3. The van der Waals surface area contributed by atoms with Gasteiger partial charge in [0.15, 0.2) is 0 Å². The van der Waals surface area contributed by atoms with Gasteiger partial charge in [-0.15, -0.1) is 0 Å². The number of amides is 1. The molecule has 0 unspecified atom stereocenters. The van der Waals surface area contributed by atoms with E-state index in [1.165, 1.54) is 0 Å². The Balaban J connectivity index is 1.71. The molecule has 0 aliphatic heterocycles.